The van der Waals surface area contributed by atoms with Crippen molar-refractivity contribution in [2.45, 2.75) is 19.8 Å². The van der Waals surface area contributed by atoms with E-state index in [9.17, 15) is 12.8 Å². The molecule has 0 bridgehead atoms. The van der Waals surface area contributed by atoms with Gasteiger partial charge in [0.15, 0.2) is 0 Å². The highest BCUT2D eigenvalue weighted by Gasteiger charge is 2.08. The summed E-state index contributed by atoms with van der Waals surface area (Å²) < 4.78 is 34.4. The smallest absolute Gasteiger partial charge is 0.212 e. The fraction of sp³-hybridized carbons (Fsp3) is 0.400. The van der Waals surface area contributed by atoms with Gasteiger partial charge in [-0.3, -0.25) is 0 Å². The van der Waals surface area contributed by atoms with Gasteiger partial charge in [0.1, 0.15) is 5.82 Å². The highest BCUT2D eigenvalue weighted by Crippen LogP contribution is 2.14. The average Bonchev–Trinajstić information content (AvgIpc) is 2.14. The quantitative estimate of drug-likeness (QED) is 0.770. The highest BCUT2D eigenvalue weighted by molar-refractivity contribution is 8.13. The highest BCUT2D eigenvalue weighted by atomic mass is 35.7. The van der Waals surface area contributed by atoms with Crippen molar-refractivity contribution >= 4 is 19.7 Å². The molecule has 0 aromatic heterocycles. The van der Waals surface area contributed by atoms with E-state index in [4.69, 9.17) is 10.7 Å². The van der Waals surface area contributed by atoms with Crippen molar-refractivity contribution in [2.24, 2.45) is 0 Å². The summed E-state index contributed by atoms with van der Waals surface area (Å²) in [6, 6.07) is 4.41. The van der Waals surface area contributed by atoms with Crippen molar-refractivity contribution < 1.29 is 12.8 Å². The summed E-state index contributed by atoms with van der Waals surface area (Å²) in [5, 5.41) is 0. The van der Waals surface area contributed by atoms with E-state index < -0.39 is 9.05 Å². The van der Waals surface area contributed by atoms with Crippen LogP contribution in [0.3, 0.4) is 0 Å². The Hall–Kier alpha value is -0.610. The first-order valence-corrected chi connectivity index (χ1v) is 7.10. The van der Waals surface area contributed by atoms with Crippen LogP contribution < -0.4 is 0 Å². The van der Waals surface area contributed by atoms with Gasteiger partial charge in [-0.05, 0) is 36.1 Å². The Kier molecular flexibility index (Phi) is 4.11. The summed E-state index contributed by atoms with van der Waals surface area (Å²) in [6.07, 6.45) is 1.00. The molecule has 0 saturated carbocycles. The first-order valence-electron chi connectivity index (χ1n) is 4.62. The summed E-state index contributed by atoms with van der Waals surface area (Å²) in [5.74, 6) is -0.514. The van der Waals surface area contributed by atoms with Crippen LogP contribution in [0.2, 0.25) is 0 Å². The van der Waals surface area contributed by atoms with Crippen molar-refractivity contribution in [3.05, 3.63) is 35.1 Å². The predicted molar refractivity (Wildman–Crippen MR) is 59.1 cm³/mol. The molecule has 15 heavy (non-hydrogen) atoms. The molecule has 0 aliphatic rings. The summed E-state index contributed by atoms with van der Waals surface area (Å²) >= 11 is 0. The minimum atomic E-state index is -3.51. The van der Waals surface area contributed by atoms with E-state index in [2.05, 4.69) is 0 Å². The van der Waals surface area contributed by atoms with Crippen LogP contribution in [0.15, 0.2) is 18.2 Å². The van der Waals surface area contributed by atoms with Crippen LogP contribution >= 0.6 is 10.7 Å². The van der Waals surface area contributed by atoms with Crippen molar-refractivity contribution in [3.8, 4) is 0 Å². The molecule has 0 heterocycles. The molecule has 5 heteroatoms. The molecule has 84 valence electrons. The van der Waals surface area contributed by atoms with Crippen molar-refractivity contribution in [3.63, 3.8) is 0 Å². The maximum Gasteiger partial charge on any atom is 0.232 e. The molecule has 0 radical (unpaired) electrons. The molecule has 0 atom stereocenters. The van der Waals surface area contributed by atoms with Gasteiger partial charge in [-0.2, -0.15) is 0 Å². The van der Waals surface area contributed by atoms with E-state index in [0.717, 1.165) is 12.0 Å². The van der Waals surface area contributed by atoms with Gasteiger partial charge < -0.3 is 0 Å². The minimum Gasteiger partial charge on any atom is -0.212 e. The molecule has 0 amide bonds. The van der Waals surface area contributed by atoms with Crippen LogP contribution in [0.5, 0.6) is 0 Å². The standard InChI is InChI=1S/C10H12ClFO2S/c1-2-8-3-4-10(12)7-9(8)5-6-15(11,13)14/h3-4,7H,2,5-6H2,1H3. The van der Waals surface area contributed by atoms with Crippen LogP contribution in [0.1, 0.15) is 18.1 Å². The topological polar surface area (TPSA) is 34.1 Å². The lowest BCUT2D eigenvalue weighted by Crippen LogP contribution is -2.04. The van der Waals surface area contributed by atoms with Gasteiger partial charge in [0.2, 0.25) is 9.05 Å². The van der Waals surface area contributed by atoms with E-state index in [1.165, 1.54) is 12.1 Å². The number of halogens is 2. The Morgan fingerprint density at radius 3 is 2.53 bits per heavy atom. The van der Waals surface area contributed by atoms with Gasteiger partial charge in [-0.1, -0.05) is 13.0 Å². The summed E-state index contributed by atoms with van der Waals surface area (Å²) in [6.45, 7) is 1.94. The maximum atomic E-state index is 12.9. The largest absolute Gasteiger partial charge is 0.232 e. The van der Waals surface area contributed by atoms with Gasteiger partial charge in [-0.15, -0.1) is 0 Å². The second-order valence-electron chi connectivity index (χ2n) is 3.26. The second kappa shape index (κ2) is 4.94. The van der Waals surface area contributed by atoms with Crippen molar-refractivity contribution in [2.75, 3.05) is 5.75 Å². The third kappa shape index (κ3) is 4.18. The molecule has 1 rings (SSSR count). The van der Waals surface area contributed by atoms with Gasteiger partial charge in [0.05, 0.1) is 5.75 Å². The predicted octanol–water partition coefficient (Wildman–Crippen LogP) is 2.50. The Morgan fingerprint density at radius 2 is 2.00 bits per heavy atom. The zero-order chi connectivity index (χ0) is 11.5. The van der Waals surface area contributed by atoms with Crippen LogP contribution in [0, 0.1) is 5.82 Å². The summed E-state index contributed by atoms with van der Waals surface area (Å²) in [4.78, 5) is 0. The molecule has 0 fully saturated rings. The van der Waals surface area contributed by atoms with Crippen LogP contribution in [0.25, 0.3) is 0 Å². The van der Waals surface area contributed by atoms with Gasteiger partial charge in [-0.25, -0.2) is 12.8 Å². The van der Waals surface area contributed by atoms with E-state index in [1.54, 1.807) is 6.07 Å². The third-order valence-corrected chi connectivity index (χ3v) is 3.32. The van der Waals surface area contributed by atoms with E-state index in [-0.39, 0.29) is 18.0 Å². The summed E-state index contributed by atoms with van der Waals surface area (Å²) in [5.41, 5.74) is 1.67. The van der Waals surface area contributed by atoms with Crippen molar-refractivity contribution in [1.82, 2.24) is 0 Å². The molecular weight excluding hydrogens is 239 g/mol. The molecule has 0 spiro atoms. The van der Waals surface area contributed by atoms with Crippen molar-refractivity contribution in [1.29, 1.82) is 0 Å². The molecule has 0 aliphatic heterocycles. The molecular formula is C10H12ClFO2S. The molecule has 0 unspecified atom stereocenters. The van der Waals surface area contributed by atoms with E-state index in [0.29, 0.717) is 5.56 Å². The Balaban J connectivity index is 2.88. The van der Waals surface area contributed by atoms with E-state index in [1.807, 2.05) is 6.92 Å². The maximum absolute atomic E-state index is 12.9. The lowest BCUT2D eigenvalue weighted by molar-refractivity contribution is 0.607. The van der Waals surface area contributed by atoms with Gasteiger partial charge >= 0.3 is 0 Å². The molecule has 2 nitrogen and oxygen atoms in total. The monoisotopic (exact) mass is 250 g/mol. The number of hydrogen-bond donors (Lipinski definition) is 0. The zero-order valence-corrected chi connectivity index (χ0v) is 9.91. The lowest BCUT2D eigenvalue weighted by Gasteiger charge is -2.06. The fourth-order valence-corrected chi connectivity index (χ4v) is 2.10. The van der Waals surface area contributed by atoms with Gasteiger partial charge in [0, 0.05) is 10.7 Å². The molecule has 0 aliphatic carbocycles. The summed E-state index contributed by atoms with van der Waals surface area (Å²) in [7, 11) is 1.59. The van der Waals surface area contributed by atoms with Crippen LogP contribution in [-0.2, 0) is 21.9 Å². The molecule has 1 aromatic carbocycles. The van der Waals surface area contributed by atoms with Gasteiger partial charge in [0.25, 0.3) is 0 Å². The Bertz CT molecular complexity index is 443. The van der Waals surface area contributed by atoms with Crippen LogP contribution in [0.4, 0.5) is 4.39 Å². The number of benzene rings is 1. The normalized spacial score (nSPS) is 11.7. The second-order valence-corrected chi connectivity index (χ2v) is 6.16. The Labute approximate surface area is 93.5 Å². The van der Waals surface area contributed by atoms with E-state index >= 15 is 0 Å². The minimum absolute atomic E-state index is 0.162. The number of hydrogen-bond acceptors (Lipinski definition) is 2. The first kappa shape index (κ1) is 12.5. The fourth-order valence-electron chi connectivity index (χ4n) is 1.40. The molecule has 1 aromatic rings. The molecule has 0 saturated heterocycles. The van der Waals surface area contributed by atoms with Crippen LogP contribution in [-0.4, -0.2) is 14.2 Å². The third-order valence-electron chi connectivity index (χ3n) is 2.16. The SMILES string of the molecule is CCc1ccc(F)cc1CCS(=O)(=O)Cl. The zero-order valence-electron chi connectivity index (χ0n) is 8.33. The average molecular weight is 251 g/mol. The Morgan fingerprint density at radius 1 is 1.33 bits per heavy atom. The number of rotatable bonds is 4. The number of aryl methyl sites for hydroxylation is 2. The lowest BCUT2D eigenvalue weighted by atomic mass is 10.0. The first-order chi connectivity index (χ1) is 6.92. The molecule has 0 N–H and O–H groups in total.